The summed E-state index contributed by atoms with van der Waals surface area (Å²) in [5.74, 6) is 2.15. The van der Waals surface area contributed by atoms with E-state index in [1.807, 2.05) is 30.0 Å². The van der Waals surface area contributed by atoms with E-state index in [0.717, 1.165) is 48.0 Å². The molecule has 3 rings (SSSR count). The summed E-state index contributed by atoms with van der Waals surface area (Å²) in [4.78, 5) is 28.7. The molecule has 0 saturated carbocycles. The first-order valence-electron chi connectivity index (χ1n) is 9.00. The predicted octanol–water partition coefficient (Wildman–Crippen LogP) is 2.06. The second-order valence-electron chi connectivity index (χ2n) is 6.48. The van der Waals surface area contributed by atoms with Gasteiger partial charge in [-0.3, -0.25) is 24.7 Å². The quantitative estimate of drug-likeness (QED) is 0.331. The number of rotatable bonds is 6. The van der Waals surface area contributed by atoms with Crippen molar-refractivity contribution >= 4 is 47.0 Å². The number of benzene rings is 1. The Morgan fingerprint density at radius 1 is 1.32 bits per heavy atom. The Labute approximate surface area is 174 Å². The lowest BCUT2D eigenvalue weighted by Gasteiger charge is -2.28. The zero-order valence-electron chi connectivity index (χ0n) is 15.8. The van der Waals surface area contributed by atoms with Crippen LogP contribution in [0.1, 0.15) is 11.1 Å². The number of hydrogen-bond donors (Lipinski definition) is 1. The molecule has 0 bridgehead atoms. The molecule has 1 N–H and O–H groups in total. The molecular weight excluding hydrogens is 394 g/mol. The number of carbonyl (C=O) groups excluding carboxylic acids is 2. The molecule has 148 valence electrons. The number of methoxy groups -OCH3 is 1. The lowest BCUT2D eigenvalue weighted by atomic mass is 10.0. The van der Waals surface area contributed by atoms with Gasteiger partial charge in [0.15, 0.2) is 5.11 Å². The molecule has 28 heavy (non-hydrogen) atoms. The highest BCUT2D eigenvalue weighted by atomic mass is 32.2. The Hall–Kier alpha value is -2.16. The van der Waals surface area contributed by atoms with Crippen molar-refractivity contribution in [3.05, 3.63) is 47.6 Å². The van der Waals surface area contributed by atoms with Crippen LogP contribution < -0.4 is 10.1 Å². The average molecular weight is 418 g/mol. The van der Waals surface area contributed by atoms with Crippen molar-refractivity contribution in [2.75, 3.05) is 38.2 Å². The van der Waals surface area contributed by atoms with Gasteiger partial charge in [0.05, 0.1) is 7.11 Å². The van der Waals surface area contributed by atoms with E-state index in [4.69, 9.17) is 17.0 Å². The lowest BCUT2D eigenvalue weighted by Crippen LogP contribution is -2.53. The third kappa shape index (κ3) is 4.63. The number of amides is 2. The summed E-state index contributed by atoms with van der Waals surface area (Å²) in [5.41, 5.74) is 1.86. The fourth-order valence-electron chi connectivity index (χ4n) is 3.17. The molecule has 2 aliphatic heterocycles. The summed E-state index contributed by atoms with van der Waals surface area (Å²) in [6.07, 6.45) is 3.17. The molecule has 2 amide bonds. The van der Waals surface area contributed by atoms with Crippen molar-refractivity contribution < 1.29 is 14.3 Å². The lowest BCUT2D eigenvalue weighted by molar-refractivity contribution is -0.128. The van der Waals surface area contributed by atoms with Gasteiger partial charge in [0.1, 0.15) is 11.3 Å². The molecule has 0 aromatic heterocycles. The fourth-order valence-corrected chi connectivity index (χ4v) is 4.40. The summed E-state index contributed by atoms with van der Waals surface area (Å²) in [6.45, 7) is 6.72. The van der Waals surface area contributed by atoms with E-state index in [1.54, 1.807) is 19.3 Å². The topological polar surface area (TPSA) is 61.9 Å². The molecule has 0 spiro atoms. The van der Waals surface area contributed by atoms with E-state index in [1.165, 1.54) is 4.90 Å². The summed E-state index contributed by atoms with van der Waals surface area (Å²) in [5, 5.41) is 2.67. The van der Waals surface area contributed by atoms with Crippen LogP contribution in [0, 0.1) is 0 Å². The molecule has 1 aromatic rings. The van der Waals surface area contributed by atoms with Gasteiger partial charge in [0, 0.05) is 43.2 Å². The van der Waals surface area contributed by atoms with Crippen molar-refractivity contribution in [2.45, 2.75) is 6.54 Å². The molecule has 0 unspecified atom stereocenters. The van der Waals surface area contributed by atoms with E-state index in [-0.39, 0.29) is 17.2 Å². The van der Waals surface area contributed by atoms with Crippen LogP contribution in [0.5, 0.6) is 5.75 Å². The highest BCUT2D eigenvalue weighted by Gasteiger charge is 2.32. The van der Waals surface area contributed by atoms with Gasteiger partial charge >= 0.3 is 0 Å². The van der Waals surface area contributed by atoms with Gasteiger partial charge in [-0.1, -0.05) is 12.1 Å². The fraction of sp³-hybridized carbons (Fsp3) is 0.350. The Morgan fingerprint density at radius 2 is 2.07 bits per heavy atom. The van der Waals surface area contributed by atoms with Crippen molar-refractivity contribution in [3.8, 4) is 5.75 Å². The number of carbonyl (C=O) groups is 2. The first-order chi connectivity index (χ1) is 13.5. The molecule has 2 heterocycles. The van der Waals surface area contributed by atoms with E-state index >= 15 is 0 Å². The number of thioether (sulfide) groups is 1. The van der Waals surface area contributed by atoms with Crippen LogP contribution in [0.15, 0.2) is 36.4 Å². The van der Waals surface area contributed by atoms with Gasteiger partial charge in [-0.05, 0) is 36.0 Å². The zero-order chi connectivity index (χ0) is 20.1. The van der Waals surface area contributed by atoms with Crippen LogP contribution in [0.25, 0.3) is 6.08 Å². The minimum absolute atomic E-state index is 0.0564. The van der Waals surface area contributed by atoms with E-state index < -0.39 is 11.8 Å². The maximum absolute atomic E-state index is 12.7. The molecule has 8 heteroatoms. The summed E-state index contributed by atoms with van der Waals surface area (Å²) >= 11 is 7.05. The Morgan fingerprint density at radius 3 is 2.75 bits per heavy atom. The van der Waals surface area contributed by atoms with Gasteiger partial charge < -0.3 is 4.74 Å². The normalized spacial score (nSPS) is 19.7. The second-order valence-corrected chi connectivity index (χ2v) is 8.09. The second kappa shape index (κ2) is 9.36. The highest BCUT2D eigenvalue weighted by Crippen LogP contribution is 2.25. The first-order valence-corrected chi connectivity index (χ1v) is 10.6. The number of nitrogens with one attached hydrogen (secondary N) is 1. The zero-order valence-corrected chi connectivity index (χ0v) is 17.4. The molecule has 0 radical (unpaired) electrons. The molecule has 2 fully saturated rings. The first kappa shape index (κ1) is 20.6. The SMILES string of the molecule is C=CCN1C(=O)/C(=C/c2ccc(OC)c(CN3CCSCC3)c2)C(=O)NC1=S. The highest BCUT2D eigenvalue weighted by molar-refractivity contribution is 7.99. The molecule has 2 saturated heterocycles. The molecular formula is C20H23N3O3S2. The maximum atomic E-state index is 12.7. The molecule has 2 aliphatic rings. The number of nitrogens with zero attached hydrogens (tertiary/aromatic N) is 2. The van der Waals surface area contributed by atoms with E-state index in [9.17, 15) is 9.59 Å². The van der Waals surface area contributed by atoms with Gasteiger partial charge in [0.25, 0.3) is 11.8 Å². The Balaban J connectivity index is 1.88. The standard InChI is InChI=1S/C20H23N3O3S2/c1-3-6-23-19(25)16(18(24)21-20(23)27)12-14-4-5-17(26-2)15(11-14)13-22-7-9-28-10-8-22/h3-5,11-12H,1,6-10,13H2,2H3,(H,21,24,27)/b16-12+. The Bertz CT molecular complexity index is 832. The summed E-state index contributed by atoms with van der Waals surface area (Å²) in [7, 11) is 1.65. The Kier molecular flexibility index (Phi) is 6.88. The van der Waals surface area contributed by atoms with Crippen LogP contribution in [-0.2, 0) is 16.1 Å². The maximum Gasteiger partial charge on any atom is 0.265 e. The average Bonchev–Trinajstić information content (AvgIpc) is 2.69. The van der Waals surface area contributed by atoms with Crippen molar-refractivity contribution in [1.29, 1.82) is 0 Å². The number of thiocarbonyl (C=S) groups is 1. The van der Waals surface area contributed by atoms with Crippen molar-refractivity contribution in [3.63, 3.8) is 0 Å². The van der Waals surface area contributed by atoms with Crippen LogP contribution in [0.4, 0.5) is 0 Å². The van der Waals surface area contributed by atoms with Crippen molar-refractivity contribution in [2.24, 2.45) is 0 Å². The molecule has 0 atom stereocenters. The summed E-state index contributed by atoms with van der Waals surface area (Å²) in [6, 6.07) is 5.68. The van der Waals surface area contributed by atoms with Crippen LogP contribution in [0.2, 0.25) is 0 Å². The molecule has 6 nitrogen and oxygen atoms in total. The van der Waals surface area contributed by atoms with Crippen LogP contribution >= 0.6 is 24.0 Å². The van der Waals surface area contributed by atoms with Crippen LogP contribution in [-0.4, -0.2) is 65.0 Å². The summed E-state index contributed by atoms with van der Waals surface area (Å²) < 4.78 is 5.50. The van der Waals surface area contributed by atoms with Gasteiger partial charge in [-0.2, -0.15) is 11.8 Å². The smallest absolute Gasteiger partial charge is 0.265 e. The monoisotopic (exact) mass is 417 g/mol. The molecule has 0 aliphatic carbocycles. The minimum Gasteiger partial charge on any atom is -0.496 e. The number of hydrogen-bond acceptors (Lipinski definition) is 6. The number of ether oxygens (including phenoxy) is 1. The van der Waals surface area contributed by atoms with Crippen molar-refractivity contribution in [1.82, 2.24) is 15.1 Å². The van der Waals surface area contributed by atoms with Gasteiger partial charge in [-0.25, -0.2) is 0 Å². The third-order valence-corrected chi connectivity index (χ3v) is 5.88. The van der Waals surface area contributed by atoms with E-state index in [2.05, 4.69) is 16.8 Å². The predicted molar refractivity (Wildman–Crippen MR) is 116 cm³/mol. The van der Waals surface area contributed by atoms with Gasteiger partial charge in [-0.15, -0.1) is 6.58 Å². The molecule has 1 aromatic carbocycles. The van der Waals surface area contributed by atoms with Crippen LogP contribution in [0.3, 0.4) is 0 Å². The largest absolute Gasteiger partial charge is 0.496 e. The van der Waals surface area contributed by atoms with E-state index in [0.29, 0.717) is 0 Å². The van der Waals surface area contributed by atoms with Gasteiger partial charge in [0.2, 0.25) is 0 Å². The third-order valence-electron chi connectivity index (χ3n) is 4.61. The minimum atomic E-state index is -0.485.